The van der Waals surface area contributed by atoms with Crippen LogP contribution in [-0.2, 0) is 0 Å². The molecule has 1 aliphatic rings. The Morgan fingerprint density at radius 1 is 1.67 bits per heavy atom. The molecule has 0 amide bonds. The standard InChI is InChI=1S/C10H6BrFN2S/c11-9-5-14-10(15-9)6-1-2-8(12)7(3-6)4-13/h1,3,5,8H,2H2. The second kappa shape index (κ2) is 4.25. The van der Waals surface area contributed by atoms with Crippen molar-refractivity contribution >= 4 is 32.8 Å². The van der Waals surface area contributed by atoms with E-state index in [0.29, 0.717) is 0 Å². The fourth-order valence-electron chi connectivity index (χ4n) is 1.31. The summed E-state index contributed by atoms with van der Waals surface area (Å²) in [6.07, 6.45) is 4.13. The summed E-state index contributed by atoms with van der Waals surface area (Å²) in [7, 11) is 0. The molecule has 1 aromatic heterocycles. The molecule has 0 aliphatic heterocycles. The fraction of sp³-hybridized carbons (Fsp3) is 0.200. The number of nitriles is 1. The molecule has 15 heavy (non-hydrogen) atoms. The monoisotopic (exact) mass is 284 g/mol. The first kappa shape index (κ1) is 10.5. The lowest BCUT2D eigenvalue weighted by molar-refractivity contribution is 0.390. The van der Waals surface area contributed by atoms with E-state index in [-0.39, 0.29) is 12.0 Å². The molecule has 1 aliphatic carbocycles. The Kier molecular flexibility index (Phi) is 2.98. The van der Waals surface area contributed by atoms with Crippen LogP contribution < -0.4 is 0 Å². The third kappa shape index (κ3) is 2.16. The van der Waals surface area contributed by atoms with Gasteiger partial charge in [0.25, 0.3) is 0 Å². The van der Waals surface area contributed by atoms with Crippen LogP contribution in [0.15, 0.2) is 27.7 Å². The van der Waals surface area contributed by atoms with E-state index in [1.807, 2.05) is 6.07 Å². The van der Waals surface area contributed by atoms with Crippen LogP contribution in [0.2, 0.25) is 0 Å². The molecule has 0 spiro atoms. The van der Waals surface area contributed by atoms with Crippen LogP contribution in [0.1, 0.15) is 11.4 Å². The van der Waals surface area contributed by atoms with Gasteiger partial charge in [-0.3, -0.25) is 0 Å². The smallest absolute Gasteiger partial charge is 0.138 e. The molecule has 0 fully saturated rings. The van der Waals surface area contributed by atoms with Crippen molar-refractivity contribution in [2.45, 2.75) is 12.6 Å². The zero-order valence-corrected chi connectivity index (χ0v) is 9.98. The summed E-state index contributed by atoms with van der Waals surface area (Å²) in [4.78, 5) is 4.16. The van der Waals surface area contributed by atoms with Gasteiger partial charge in [-0.05, 0) is 22.0 Å². The number of allylic oxidation sites excluding steroid dienone is 4. The maximum Gasteiger partial charge on any atom is 0.138 e. The molecule has 0 saturated carbocycles. The van der Waals surface area contributed by atoms with Crippen LogP contribution in [0.5, 0.6) is 0 Å². The summed E-state index contributed by atoms with van der Waals surface area (Å²) in [5.41, 5.74) is 1.01. The highest BCUT2D eigenvalue weighted by molar-refractivity contribution is 9.11. The van der Waals surface area contributed by atoms with Gasteiger partial charge in [0, 0.05) is 12.0 Å². The van der Waals surface area contributed by atoms with E-state index in [1.165, 1.54) is 11.3 Å². The maximum absolute atomic E-state index is 13.2. The Morgan fingerprint density at radius 2 is 2.47 bits per heavy atom. The van der Waals surface area contributed by atoms with Crippen LogP contribution in [0.4, 0.5) is 4.39 Å². The Labute approximate surface area is 98.9 Å². The highest BCUT2D eigenvalue weighted by Gasteiger charge is 2.18. The quantitative estimate of drug-likeness (QED) is 0.792. The van der Waals surface area contributed by atoms with Crippen molar-refractivity contribution in [3.05, 3.63) is 32.7 Å². The van der Waals surface area contributed by atoms with Gasteiger partial charge in [0.1, 0.15) is 11.2 Å². The lowest BCUT2D eigenvalue weighted by atomic mass is 9.99. The van der Waals surface area contributed by atoms with Gasteiger partial charge in [-0.25, -0.2) is 9.37 Å². The van der Waals surface area contributed by atoms with Crippen molar-refractivity contribution in [2.75, 3.05) is 0 Å². The minimum Gasteiger partial charge on any atom is -0.243 e. The summed E-state index contributed by atoms with van der Waals surface area (Å²) in [5, 5.41) is 9.53. The van der Waals surface area contributed by atoms with E-state index in [4.69, 9.17) is 5.26 Å². The van der Waals surface area contributed by atoms with Crippen LogP contribution in [-0.4, -0.2) is 11.2 Å². The van der Waals surface area contributed by atoms with E-state index in [1.54, 1.807) is 18.3 Å². The zero-order valence-electron chi connectivity index (χ0n) is 7.58. The summed E-state index contributed by atoms with van der Waals surface area (Å²) in [5.74, 6) is 0. The lowest BCUT2D eigenvalue weighted by Gasteiger charge is -2.10. The largest absolute Gasteiger partial charge is 0.243 e. The van der Waals surface area contributed by atoms with Gasteiger partial charge in [0.2, 0.25) is 0 Å². The number of aromatic nitrogens is 1. The molecule has 1 atom stereocenters. The molecule has 5 heteroatoms. The van der Waals surface area contributed by atoms with Gasteiger partial charge < -0.3 is 0 Å². The zero-order chi connectivity index (χ0) is 10.8. The SMILES string of the molecule is N#CC1=CC(c2ncc(Br)s2)=CCC1F. The van der Waals surface area contributed by atoms with Gasteiger partial charge >= 0.3 is 0 Å². The summed E-state index contributed by atoms with van der Waals surface area (Å²) >= 11 is 4.78. The first-order chi connectivity index (χ1) is 7.20. The minimum atomic E-state index is -1.16. The Bertz CT molecular complexity index is 484. The van der Waals surface area contributed by atoms with E-state index >= 15 is 0 Å². The van der Waals surface area contributed by atoms with Gasteiger partial charge in [-0.2, -0.15) is 5.26 Å². The van der Waals surface area contributed by atoms with Crippen molar-refractivity contribution in [2.24, 2.45) is 0 Å². The first-order valence-corrected chi connectivity index (χ1v) is 5.89. The molecule has 0 saturated heterocycles. The summed E-state index contributed by atoms with van der Waals surface area (Å²) < 4.78 is 14.1. The van der Waals surface area contributed by atoms with Crippen molar-refractivity contribution in [3.63, 3.8) is 0 Å². The molecule has 2 rings (SSSR count). The average molecular weight is 285 g/mol. The lowest BCUT2D eigenvalue weighted by Crippen LogP contribution is -2.06. The van der Waals surface area contributed by atoms with Gasteiger partial charge in [-0.15, -0.1) is 11.3 Å². The van der Waals surface area contributed by atoms with Gasteiger partial charge in [0.15, 0.2) is 0 Å². The predicted octanol–water partition coefficient (Wildman–Crippen LogP) is 3.48. The number of halogens is 2. The predicted molar refractivity (Wildman–Crippen MR) is 61.0 cm³/mol. The van der Waals surface area contributed by atoms with Crippen molar-refractivity contribution in [1.29, 1.82) is 5.26 Å². The number of alkyl halides is 1. The minimum absolute atomic E-state index is 0.179. The molecule has 1 unspecified atom stereocenters. The Morgan fingerprint density at radius 3 is 3.07 bits per heavy atom. The molecule has 76 valence electrons. The summed E-state index contributed by atoms with van der Waals surface area (Å²) in [6, 6.07) is 1.87. The molecule has 0 N–H and O–H groups in total. The molecular formula is C10H6BrFN2S. The number of thiazole rings is 1. The third-order valence-electron chi connectivity index (χ3n) is 2.05. The van der Waals surface area contributed by atoms with Crippen molar-refractivity contribution < 1.29 is 4.39 Å². The molecule has 2 nitrogen and oxygen atoms in total. The highest BCUT2D eigenvalue weighted by Crippen LogP contribution is 2.31. The third-order valence-corrected chi connectivity index (χ3v) is 3.57. The second-order valence-electron chi connectivity index (χ2n) is 3.04. The normalized spacial score (nSPS) is 20.5. The summed E-state index contributed by atoms with van der Waals surface area (Å²) in [6.45, 7) is 0. The molecule has 0 radical (unpaired) electrons. The van der Waals surface area contributed by atoms with Gasteiger partial charge in [-0.1, -0.05) is 6.08 Å². The van der Waals surface area contributed by atoms with E-state index in [2.05, 4.69) is 20.9 Å². The fourth-order valence-corrected chi connectivity index (χ4v) is 2.53. The topological polar surface area (TPSA) is 36.7 Å². The van der Waals surface area contributed by atoms with E-state index in [9.17, 15) is 4.39 Å². The number of hydrogen-bond donors (Lipinski definition) is 0. The molecule has 0 bridgehead atoms. The average Bonchev–Trinajstić information content (AvgIpc) is 2.66. The maximum atomic E-state index is 13.2. The molecular weight excluding hydrogens is 279 g/mol. The van der Waals surface area contributed by atoms with Crippen LogP contribution >= 0.6 is 27.3 Å². The van der Waals surface area contributed by atoms with Gasteiger partial charge in [0.05, 0.1) is 21.6 Å². The van der Waals surface area contributed by atoms with Crippen LogP contribution in [0.3, 0.4) is 0 Å². The molecule has 0 aromatic carbocycles. The van der Waals surface area contributed by atoms with Crippen molar-refractivity contribution in [3.8, 4) is 6.07 Å². The molecule has 1 heterocycles. The Balaban J connectivity index is 2.34. The number of nitrogens with zero attached hydrogens (tertiary/aromatic N) is 2. The van der Waals surface area contributed by atoms with Crippen LogP contribution in [0.25, 0.3) is 5.57 Å². The van der Waals surface area contributed by atoms with Crippen LogP contribution in [0, 0.1) is 11.3 Å². The molecule has 1 aromatic rings. The van der Waals surface area contributed by atoms with Crippen molar-refractivity contribution in [1.82, 2.24) is 4.98 Å². The second-order valence-corrected chi connectivity index (χ2v) is 5.45. The van der Waals surface area contributed by atoms with E-state index in [0.717, 1.165) is 14.4 Å². The Hall–Kier alpha value is -0.990. The highest BCUT2D eigenvalue weighted by atomic mass is 79.9. The van der Waals surface area contributed by atoms with E-state index < -0.39 is 6.17 Å². The number of hydrogen-bond acceptors (Lipinski definition) is 3. The number of rotatable bonds is 1. The first-order valence-electron chi connectivity index (χ1n) is 4.28.